The van der Waals surface area contributed by atoms with E-state index in [0.29, 0.717) is 10.7 Å². The maximum Gasteiger partial charge on any atom is 0.268 e. The lowest BCUT2D eigenvalue weighted by atomic mass is 9.91. The molecule has 0 spiro atoms. The van der Waals surface area contributed by atoms with E-state index in [0.717, 1.165) is 36.6 Å². The molecule has 2 atom stereocenters. The second-order valence-electron chi connectivity index (χ2n) is 5.44. The Labute approximate surface area is 122 Å². The van der Waals surface area contributed by atoms with Crippen LogP contribution in [0.25, 0.3) is 10.9 Å². The molecule has 20 heavy (non-hydrogen) atoms. The van der Waals surface area contributed by atoms with Crippen molar-refractivity contribution in [3.63, 3.8) is 0 Å². The lowest BCUT2D eigenvalue weighted by Crippen LogP contribution is -2.49. The smallest absolute Gasteiger partial charge is 0.268 e. The van der Waals surface area contributed by atoms with Gasteiger partial charge in [0.05, 0.1) is 0 Å². The van der Waals surface area contributed by atoms with Crippen molar-refractivity contribution in [3.8, 4) is 0 Å². The number of hydrogen-bond acceptors (Lipinski definition) is 2. The van der Waals surface area contributed by atoms with E-state index in [1.165, 1.54) is 0 Å². The van der Waals surface area contributed by atoms with Crippen LogP contribution in [0.4, 0.5) is 0 Å². The molecule has 1 aromatic heterocycles. The molecular formula is C15H18ClN3O. The molecule has 106 valence electrons. The molecule has 1 amide bonds. The maximum atomic E-state index is 12.3. The fourth-order valence-electron chi connectivity index (χ4n) is 2.81. The quantitative estimate of drug-likeness (QED) is 0.796. The summed E-state index contributed by atoms with van der Waals surface area (Å²) in [5, 5.41) is 4.64. The summed E-state index contributed by atoms with van der Waals surface area (Å²) in [5.74, 6) is -0.0975. The van der Waals surface area contributed by atoms with E-state index in [9.17, 15) is 4.79 Å². The molecule has 0 aliphatic heterocycles. The third kappa shape index (κ3) is 2.67. The van der Waals surface area contributed by atoms with Gasteiger partial charge in [-0.05, 0) is 37.1 Å². The van der Waals surface area contributed by atoms with Gasteiger partial charge in [-0.25, -0.2) is 0 Å². The standard InChI is InChI=1S/C15H18ClN3O/c16-10-5-6-12-9(7-10)8-14(18-12)15(20)19-13-4-2-1-3-11(13)17/h5-8,11,13,18H,1-4,17H2,(H,19,20). The van der Waals surface area contributed by atoms with E-state index in [2.05, 4.69) is 10.3 Å². The number of aromatic nitrogens is 1. The van der Waals surface area contributed by atoms with E-state index in [4.69, 9.17) is 17.3 Å². The van der Waals surface area contributed by atoms with Crippen LogP contribution in [0.2, 0.25) is 5.02 Å². The summed E-state index contributed by atoms with van der Waals surface area (Å²) >= 11 is 5.95. The topological polar surface area (TPSA) is 70.9 Å². The number of halogens is 1. The third-order valence-electron chi connectivity index (χ3n) is 3.96. The second kappa shape index (κ2) is 5.46. The predicted octanol–water partition coefficient (Wildman–Crippen LogP) is 2.82. The summed E-state index contributed by atoms with van der Waals surface area (Å²) in [5.41, 5.74) is 7.52. The molecule has 1 fully saturated rings. The Hall–Kier alpha value is -1.52. The number of H-pyrrole nitrogens is 1. The Morgan fingerprint density at radius 2 is 2.10 bits per heavy atom. The van der Waals surface area contributed by atoms with E-state index in [1.807, 2.05) is 18.2 Å². The lowest BCUT2D eigenvalue weighted by molar-refractivity contribution is 0.0917. The minimum atomic E-state index is -0.0975. The summed E-state index contributed by atoms with van der Waals surface area (Å²) in [6.45, 7) is 0. The minimum absolute atomic E-state index is 0.0616. The van der Waals surface area contributed by atoms with Crippen LogP contribution >= 0.6 is 11.6 Å². The number of carbonyl (C=O) groups excluding carboxylic acids is 1. The first kappa shape index (κ1) is 13.5. The van der Waals surface area contributed by atoms with Gasteiger partial charge in [0.15, 0.2) is 0 Å². The van der Waals surface area contributed by atoms with Gasteiger partial charge in [0.25, 0.3) is 5.91 Å². The Kier molecular flexibility index (Phi) is 3.68. The zero-order valence-corrected chi connectivity index (χ0v) is 11.9. The van der Waals surface area contributed by atoms with Gasteiger partial charge < -0.3 is 16.0 Å². The number of amides is 1. The molecule has 5 heteroatoms. The summed E-state index contributed by atoms with van der Waals surface area (Å²) < 4.78 is 0. The van der Waals surface area contributed by atoms with E-state index in [1.54, 1.807) is 6.07 Å². The monoisotopic (exact) mass is 291 g/mol. The highest BCUT2D eigenvalue weighted by molar-refractivity contribution is 6.31. The van der Waals surface area contributed by atoms with Gasteiger partial charge in [0.1, 0.15) is 5.69 Å². The summed E-state index contributed by atoms with van der Waals surface area (Å²) in [6.07, 6.45) is 4.21. The first-order valence-corrected chi connectivity index (χ1v) is 7.36. The SMILES string of the molecule is NC1CCCCC1NC(=O)c1cc2cc(Cl)ccc2[nH]1. The maximum absolute atomic E-state index is 12.3. The fraction of sp³-hybridized carbons (Fsp3) is 0.400. The van der Waals surface area contributed by atoms with Crippen LogP contribution in [0.15, 0.2) is 24.3 Å². The van der Waals surface area contributed by atoms with Gasteiger partial charge in [-0.3, -0.25) is 4.79 Å². The Balaban J connectivity index is 1.78. The molecule has 3 rings (SSSR count). The van der Waals surface area contributed by atoms with Crippen molar-refractivity contribution in [3.05, 3.63) is 35.0 Å². The Bertz CT molecular complexity index is 637. The zero-order chi connectivity index (χ0) is 14.1. The fourth-order valence-corrected chi connectivity index (χ4v) is 2.99. The zero-order valence-electron chi connectivity index (χ0n) is 11.2. The third-order valence-corrected chi connectivity index (χ3v) is 4.20. The van der Waals surface area contributed by atoms with Gasteiger partial charge in [-0.15, -0.1) is 0 Å². The molecule has 1 aliphatic carbocycles. The highest BCUT2D eigenvalue weighted by Crippen LogP contribution is 2.21. The molecule has 2 unspecified atom stereocenters. The number of aromatic amines is 1. The molecular weight excluding hydrogens is 274 g/mol. The number of benzene rings is 1. The van der Waals surface area contributed by atoms with Crippen LogP contribution in [-0.2, 0) is 0 Å². The highest BCUT2D eigenvalue weighted by Gasteiger charge is 2.24. The number of fused-ring (bicyclic) bond motifs is 1. The van der Waals surface area contributed by atoms with Crippen molar-refractivity contribution < 1.29 is 4.79 Å². The average Bonchev–Trinajstić information content (AvgIpc) is 2.84. The van der Waals surface area contributed by atoms with Gasteiger partial charge in [0, 0.05) is 28.0 Å². The Morgan fingerprint density at radius 1 is 1.30 bits per heavy atom. The second-order valence-corrected chi connectivity index (χ2v) is 5.88. The molecule has 1 aliphatic rings. The Morgan fingerprint density at radius 3 is 2.90 bits per heavy atom. The van der Waals surface area contributed by atoms with Crippen molar-refractivity contribution in [1.29, 1.82) is 0 Å². The summed E-state index contributed by atoms with van der Waals surface area (Å²) in [4.78, 5) is 15.4. The van der Waals surface area contributed by atoms with Gasteiger partial charge in [0.2, 0.25) is 0 Å². The normalized spacial score (nSPS) is 22.9. The first-order chi connectivity index (χ1) is 9.63. The molecule has 1 aromatic carbocycles. The van der Waals surface area contributed by atoms with Crippen molar-refractivity contribution >= 4 is 28.4 Å². The molecule has 1 heterocycles. The lowest BCUT2D eigenvalue weighted by Gasteiger charge is -2.29. The molecule has 0 saturated heterocycles. The molecule has 2 aromatic rings. The molecule has 0 bridgehead atoms. The van der Waals surface area contributed by atoms with Crippen LogP contribution in [0.3, 0.4) is 0 Å². The van der Waals surface area contributed by atoms with Crippen molar-refractivity contribution in [1.82, 2.24) is 10.3 Å². The number of rotatable bonds is 2. The number of carbonyl (C=O) groups is 1. The van der Waals surface area contributed by atoms with Crippen molar-refractivity contribution in [2.45, 2.75) is 37.8 Å². The molecule has 1 saturated carbocycles. The van der Waals surface area contributed by atoms with E-state index in [-0.39, 0.29) is 18.0 Å². The number of nitrogens with two attached hydrogens (primary N) is 1. The molecule has 4 N–H and O–H groups in total. The summed E-state index contributed by atoms with van der Waals surface area (Å²) in [6, 6.07) is 7.49. The van der Waals surface area contributed by atoms with E-state index < -0.39 is 0 Å². The van der Waals surface area contributed by atoms with Crippen LogP contribution in [-0.4, -0.2) is 23.0 Å². The number of hydrogen-bond donors (Lipinski definition) is 3. The van der Waals surface area contributed by atoms with Gasteiger partial charge in [-0.2, -0.15) is 0 Å². The van der Waals surface area contributed by atoms with Gasteiger partial charge in [-0.1, -0.05) is 24.4 Å². The largest absolute Gasteiger partial charge is 0.351 e. The van der Waals surface area contributed by atoms with Gasteiger partial charge >= 0.3 is 0 Å². The highest BCUT2D eigenvalue weighted by atomic mass is 35.5. The average molecular weight is 292 g/mol. The van der Waals surface area contributed by atoms with Crippen molar-refractivity contribution in [2.75, 3.05) is 0 Å². The van der Waals surface area contributed by atoms with Crippen molar-refractivity contribution in [2.24, 2.45) is 5.73 Å². The van der Waals surface area contributed by atoms with E-state index >= 15 is 0 Å². The summed E-state index contributed by atoms with van der Waals surface area (Å²) in [7, 11) is 0. The van der Waals surface area contributed by atoms with Crippen LogP contribution in [0, 0.1) is 0 Å². The van der Waals surface area contributed by atoms with Crippen LogP contribution in [0.1, 0.15) is 36.2 Å². The van der Waals surface area contributed by atoms with Crippen LogP contribution in [0.5, 0.6) is 0 Å². The first-order valence-electron chi connectivity index (χ1n) is 6.98. The molecule has 4 nitrogen and oxygen atoms in total. The minimum Gasteiger partial charge on any atom is -0.351 e. The van der Waals surface area contributed by atoms with Crippen LogP contribution < -0.4 is 11.1 Å². The molecule has 0 radical (unpaired) electrons. The predicted molar refractivity (Wildman–Crippen MR) is 81.0 cm³/mol. The number of nitrogens with one attached hydrogen (secondary N) is 2.